The van der Waals surface area contributed by atoms with Gasteiger partial charge in [-0.3, -0.25) is 14.9 Å². The number of nitrogens with zero attached hydrogens (tertiary/aromatic N) is 2. The van der Waals surface area contributed by atoms with Crippen LogP contribution in [0.5, 0.6) is 0 Å². The van der Waals surface area contributed by atoms with E-state index < -0.39 is 28.7 Å². The van der Waals surface area contributed by atoms with Crippen molar-refractivity contribution in [2.24, 2.45) is 0 Å². The second kappa shape index (κ2) is 8.39. The van der Waals surface area contributed by atoms with Gasteiger partial charge in [0, 0.05) is 19.7 Å². The second-order valence-electron chi connectivity index (χ2n) is 6.10. The molecular weight excluding hydrogens is 355 g/mol. The van der Waals surface area contributed by atoms with Gasteiger partial charge in [-0.05, 0) is 37.1 Å². The highest BCUT2D eigenvalue weighted by Crippen LogP contribution is 2.23. The summed E-state index contributed by atoms with van der Waals surface area (Å²) in [5.41, 5.74) is 0.392. The van der Waals surface area contributed by atoms with Crippen LogP contribution < -0.4 is 0 Å². The first kappa shape index (κ1) is 20.0. The van der Waals surface area contributed by atoms with E-state index in [9.17, 15) is 24.1 Å². The summed E-state index contributed by atoms with van der Waals surface area (Å²) in [5, 5.41) is 11.1. The molecule has 27 heavy (non-hydrogen) atoms. The highest BCUT2D eigenvalue weighted by molar-refractivity contribution is 5.97. The summed E-state index contributed by atoms with van der Waals surface area (Å²) in [4.78, 5) is 36.6. The zero-order valence-electron chi connectivity index (χ0n) is 15.1. The molecule has 7 nitrogen and oxygen atoms in total. The lowest BCUT2D eigenvalue weighted by molar-refractivity contribution is -0.385. The molecule has 8 heteroatoms. The minimum Gasteiger partial charge on any atom is -0.449 e. The maximum Gasteiger partial charge on any atom is 0.346 e. The Hall–Kier alpha value is -3.29. The van der Waals surface area contributed by atoms with Crippen LogP contribution in [0.4, 0.5) is 10.1 Å². The summed E-state index contributed by atoms with van der Waals surface area (Å²) >= 11 is 0. The number of amides is 1. The average Bonchev–Trinajstić information content (AvgIpc) is 2.60. The zero-order chi connectivity index (χ0) is 20.1. The fourth-order valence-electron chi connectivity index (χ4n) is 2.64. The van der Waals surface area contributed by atoms with E-state index in [1.807, 2.05) is 0 Å². The fourth-order valence-corrected chi connectivity index (χ4v) is 2.64. The van der Waals surface area contributed by atoms with Crippen molar-refractivity contribution in [1.29, 1.82) is 0 Å². The van der Waals surface area contributed by atoms with Crippen molar-refractivity contribution < 1.29 is 23.6 Å². The van der Waals surface area contributed by atoms with Crippen molar-refractivity contribution in [2.75, 3.05) is 7.05 Å². The van der Waals surface area contributed by atoms with Crippen LogP contribution >= 0.6 is 0 Å². The van der Waals surface area contributed by atoms with Crippen molar-refractivity contribution in [2.45, 2.75) is 26.5 Å². The summed E-state index contributed by atoms with van der Waals surface area (Å²) in [7, 11) is 1.49. The third-order valence-corrected chi connectivity index (χ3v) is 3.97. The number of hydrogen-bond donors (Lipinski definition) is 0. The Kier molecular flexibility index (Phi) is 6.23. The molecule has 0 saturated carbocycles. The number of esters is 1. The van der Waals surface area contributed by atoms with Crippen LogP contribution in [0.1, 0.15) is 28.4 Å². The number of likely N-dealkylation sites (N-methyl/N-ethyl adjacent to an activating group) is 1. The number of aryl methyl sites for hydroxylation is 1. The van der Waals surface area contributed by atoms with E-state index in [2.05, 4.69) is 0 Å². The normalized spacial score (nSPS) is 11.6. The molecule has 0 aromatic heterocycles. The number of ether oxygens (including phenoxy) is 1. The van der Waals surface area contributed by atoms with Gasteiger partial charge in [0.15, 0.2) is 6.10 Å². The van der Waals surface area contributed by atoms with Gasteiger partial charge in [0.2, 0.25) is 0 Å². The zero-order valence-corrected chi connectivity index (χ0v) is 15.1. The third kappa shape index (κ3) is 4.87. The number of carbonyl (C=O) groups excluding carboxylic acids is 2. The Labute approximate surface area is 155 Å². The summed E-state index contributed by atoms with van der Waals surface area (Å²) in [6.07, 6.45) is -1.16. The van der Waals surface area contributed by atoms with Gasteiger partial charge in [-0.2, -0.15) is 0 Å². The van der Waals surface area contributed by atoms with Gasteiger partial charge in [-0.25, -0.2) is 9.18 Å². The Morgan fingerprint density at radius 3 is 2.56 bits per heavy atom. The molecule has 0 heterocycles. The second-order valence-corrected chi connectivity index (χ2v) is 6.10. The van der Waals surface area contributed by atoms with Gasteiger partial charge in [0.1, 0.15) is 11.4 Å². The van der Waals surface area contributed by atoms with Crippen molar-refractivity contribution in [3.8, 4) is 0 Å². The lowest BCUT2D eigenvalue weighted by Gasteiger charge is -2.21. The van der Waals surface area contributed by atoms with E-state index in [0.717, 1.165) is 0 Å². The first-order valence-corrected chi connectivity index (χ1v) is 8.15. The molecule has 0 radical (unpaired) electrons. The predicted molar refractivity (Wildman–Crippen MR) is 95.6 cm³/mol. The van der Waals surface area contributed by atoms with E-state index in [1.54, 1.807) is 19.1 Å². The van der Waals surface area contributed by atoms with E-state index >= 15 is 0 Å². The molecule has 0 aliphatic heterocycles. The first-order chi connectivity index (χ1) is 12.7. The summed E-state index contributed by atoms with van der Waals surface area (Å²) in [6, 6.07) is 10.0. The van der Waals surface area contributed by atoms with Gasteiger partial charge in [0.25, 0.3) is 11.6 Å². The van der Waals surface area contributed by atoms with E-state index in [1.165, 1.54) is 49.2 Å². The summed E-state index contributed by atoms with van der Waals surface area (Å²) in [5.74, 6) is -1.87. The molecule has 0 aliphatic carbocycles. The molecule has 0 bridgehead atoms. The molecular formula is C19H19FN2O5. The molecule has 0 fully saturated rings. The van der Waals surface area contributed by atoms with Crippen LogP contribution in [0.2, 0.25) is 0 Å². The van der Waals surface area contributed by atoms with Crippen LogP contribution in [0.25, 0.3) is 0 Å². The Bertz CT molecular complexity index is 884. The van der Waals surface area contributed by atoms with Crippen LogP contribution in [0.3, 0.4) is 0 Å². The molecule has 0 aliphatic rings. The topological polar surface area (TPSA) is 89.7 Å². The molecule has 1 atom stereocenters. The maximum absolute atomic E-state index is 13.3. The quantitative estimate of drug-likeness (QED) is 0.440. The summed E-state index contributed by atoms with van der Waals surface area (Å²) in [6.45, 7) is 3.06. The molecule has 0 spiro atoms. The Morgan fingerprint density at radius 2 is 1.93 bits per heavy atom. The van der Waals surface area contributed by atoms with E-state index in [0.29, 0.717) is 11.1 Å². The van der Waals surface area contributed by atoms with Crippen LogP contribution in [-0.2, 0) is 16.1 Å². The average molecular weight is 374 g/mol. The number of nitro benzene ring substituents is 1. The van der Waals surface area contributed by atoms with E-state index in [-0.39, 0.29) is 17.8 Å². The molecule has 0 saturated heterocycles. The van der Waals surface area contributed by atoms with Crippen LogP contribution in [-0.4, -0.2) is 34.9 Å². The largest absolute Gasteiger partial charge is 0.449 e. The van der Waals surface area contributed by atoms with Crippen molar-refractivity contribution in [3.63, 3.8) is 0 Å². The number of hydrogen-bond acceptors (Lipinski definition) is 5. The number of benzene rings is 2. The lowest BCUT2D eigenvalue weighted by Crippen LogP contribution is -2.37. The number of rotatable bonds is 6. The monoisotopic (exact) mass is 374 g/mol. The lowest BCUT2D eigenvalue weighted by atomic mass is 10.1. The van der Waals surface area contributed by atoms with Gasteiger partial charge >= 0.3 is 5.97 Å². The molecule has 0 N–H and O–H groups in total. The fraction of sp³-hybridized carbons (Fsp3) is 0.263. The van der Waals surface area contributed by atoms with Crippen molar-refractivity contribution >= 4 is 17.6 Å². The standard InChI is InChI=1S/C19H19FN2O5/c1-12-6-4-9-16(22(25)26)17(12)19(24)27-13(2)18(23)21(3)11-14-7-5-8-15(20)10-14/h4-10,13H,11H2,1-3H3. The highest BCUT2D eigenvalue weighted by atomic mass is 19.1. The van der Waals surface area contributed by atoms with Gasteiger partial charge in [0.05, 0.1) is 4.92 Å². The van der Waals surface area contributed by atoms with Crippen molar-refractivity contribution in [3.05, 3.63) is 75.1 Å². The smallest absolute Gasteiger partial charge is 0.346 e. The van der Waals surface area contributed by atoms with Crippen LogP contribution in [0, 0.1) is 22.9 Å². The third-order valence-electron chi connectivity index (χ3n) is 3.97. The van der Waals surface area contributed by atoms with Crippen LogP contribution in [0.15, 0.2) is 42.5 Å². The van der Waals surface area contributed by atoms with Gasteiger partial charge in [-0.15, -0.1) is 0 Å². The van der Waals surface area contributed by atoms with E-state index in [4.69, 9.17) is 4.74 Å². The SMILES string of the molecule is Cc1cccc([N+](=O)[O-])c1C(=O)OC(C)C(=O)N(C)Cc1cccc(F)c1. The summed E-state index contributed by atoms with van der Waals surface area (Å²) < 4.78 is 18.4. The van der Waals surface area contributed by atoms with Gasteiger partial charge in [-0.1, -0.05) is 24.3 Å². The molecule has 2 rings (SSSR count). The molecule has 1 amide bonds. The maximum atomic E-state index is 13.3. The minimum absolute atomic E-state index is 0.128. The molecule has 2 aromatic rings. The van der Waals surface area contributed by atoms with Gasteiger partial charge < -0.3 is 9.64 Å². The number of nitro groups is 1. The van der Waals surface area contributed by atoms with Crippen molar-refractivity contribution in [1.82, 2.24) is 4.90 Å². The first-order valence-electron chi connectivity index (χ1n) is 8.15. The minimum atomic E-state index is -1.16. The number of carbonyl (C=O) groups is 2. The Morgan fingerprint density at radius 1 is 1.26 bits per heavy atom. The highest BCUT2D eigenvalue weighted by Gasteiger charge is 2.28. The molecule has 2 aromatic carbocycles. The predicted octanol–water partition coefficient (Wildman–Crippen LogP) is 3.25. The molecule has 142 valence electrons. The number of halogens is 1. The Balaban J connectivity index is 2.10. The molecule has 1 unspecified atom stereocenters.